The normalized spacial score (nSPS) is 18.0. The zero-order valence-corrected chi connectivity index (χ0v) is 16.9. The number of alkyl halides is 3. The highest BCUT2D eigenvalue weighted by Gasteiger charge is 2.38. The van der Waals surface area contributed by atoms with E-state index < -0.39 is 29.4 Å². The number of hydrogen-bond acceptors (Lipinski definition) is 7. The van der Waals surface area contributed by atoms with Crippen LogP contribution in [0.15, 0.2) is 11.4 Å². The van der Waals surface area contributed by atoms with Crippen LogP contribution in [0, 0.1) is 0 Å². The van der Waals surface area contributed by atoms with Gasteiger partial charge in [-0.2, -0.15) is 13.2 Å². The second-order valence-corrected chi connectivity index (χ2v) is 7.23. The molecule has 0 bridgehead atoms. The lowest BCUT2D eigenvalue weighted by Crippen LogP contribution is -2.40. The predicted molar refractivity (Wildman–Crippen MR) is 103 cm³/mol. The minimum absolute atomic E-state index is 0.0963. The number of amides is 2. The summed E-state index contributed by atoms with van der Waals surface area (Å²) in [5.41, 5.74) is -1.12. The largest absolute Gasteiger partial charge is 0.465 e. The first-order chi connectivity index (χ1) is 14.7. The van der Waals surface area contributed by atoms with Gasteiger partial charge < -0.3 is 25.1 Å². The van der Waals surface area contributed by atoms with E-state index in [1.165, 1.54) is 11.9 Å². The van der Waals surface area contributed by atoms with Crippen molar-refractivity contribution in [3.05, 3.63) is 17.5 Å². The molecule has 31 heavy (non-hydrogen) atoms. The molecule has 2 saturated heterocycles. The van der Waals surface area contributed by atoms with Crippen molar-refractivity contribution in [1.82, 2.24) is 20.2 Å². The summed E-state index contributed by atoms with van der Waals surface area (Å²) in [6, 6.07) is 0. The fourth-order valence-corrected chi connectivity index (χ4v) is 3.40. The first kappa shape index (κ1) is 22.6. The van der Waals surface area contributed by atoms with Crippen LogP contribution in [0.25, 0.3) is 0 Å². The zero-order valence-electron chi connectivity index (χ0n) is 16.9. The fraction of sp³-hybridized carbons (Fsp3) is 0.611. The third-order valence-corrected chi connectivity index (χ3v) is 5.18. The molecule has 2 aliphatic rings. The maximum Gasteiger partial charge on any atom is 0.434 e. The van der Waals surface area contributed by atoms with Crippen molar-refractivity contribution in [2.75, 3.05) is 38.1 Å². The molecule has 170 valence electrons. The van der Waals surface area contributed by atoms with Crippen molar-refractivity contribution in [3.8, 4) is 0 Å². The summed E-state index contributed by atoms with van der Waals surface area (Å²) < 4.78 is 40.0. The van der Waals surface area contributed by atoms with Gasteiger partial charge in [0.15, 0.2) is 5.69 Å². The molecule has 1 aromatic heterocycles. The SMILES string of the molecule is CNC(=O)c1cnc(N2CCC(=NOC3CCN(C(=O)O)CC3)CC2)nc1C(F)(F)F. The fourth-order valence-electron chi connectivity index (χ4n) is 3.40. The van der Waals surface area contributed by atoms with E-state index in [4.69, 9.17) is 9.94 Å². The van der Waals surface area contributed by atoms with E-state index in [0.717, 1.165) is 11.9 Å². The Kier molecular flexibility index (Phi) is 6.81. The summed E-state index contributed by atoms with van der Waals surface area (Å²) in [6.07, 6.45) is -2.95. The molecule has 0 unspecified atom stereocenters. The molecular weight excluding hydrogens is 421 g/mol. The summed E-state index contributed by atoms with van der Waals surface area (Å²) in [4.78, 5) is 38.6. The first-order valence-corrected chi connectivity index (χ1v) is 9.79. The molecular formula is C18H23F3N6O4. The lowest BCUT2D eigenvalue weighted by Gasteiger charge is -2.30. The zero-order chi connectivity index (χ0) is 22.6. The summed E-state index contributed by atoms with van der Waals surface area (Å²) in [5.74, 6) is -1.00. The molecule has 0 aliphatic carbocycles. The van der Waals surface area contributed by atoms with Gasteiger partial charge in [0.1, 0.15) is 6.10 Å². The maximum absolute atomic E-state index is 13.3. The van der Waals surface area contributed by atoms with Crippen LogP contribution in [0.4, 0.5) is 23.9 Å². The number of carboxylic acid groups (broad SMARTS) is 1. The monoisotopic (exact) mass is 444 g/mol. The number of halogens is 3. The van der Waals surface area contributed by atoms with Crippen LogP contribution in [0.5, 0.6) is 0 Å². The number of hydrogen-bond donors (Lipinski definition) is 2. The number of carbonyl (C=O) groups excluding carboxylic acids is 1. The maximum atomic E-state index is 13.3. The molecule has 2 aliphatic heterocycles. The quantitative estimate of drug-likeness (QED) is 0.681. The van der Waals surface area contributed by atoms with Gasteiger partial charge in [-0.15, -0.1) is 0 Å². The lowest BCUT2D eigenvalue weighted by atomic mass is 10.1. The van der Waals surface area contributed by atoms with E-state index in [1.807, 2.05) is 0 Å². The van der Waals surface area contributed by atoms with Crippen LogP contribution in [0.2, 0.25) is 0 Å². The highest BCUT2D eigenvalue weighted by Crippen LogP contribution is 2.31. The Hall–Kier alpha value is -3.12. The first-order valence-electron chi connectivity index (χ1n) is 9.79. The number of likely N-dealkylation sites (tertiary alicyclic amines) is 1. The Labute approximate surface area is 176 Å². The molecule has 0 saturated carbocycles. The van der Waals surface area contributed by atoms with E-state index in [-0.39, 0.29) is 12.1 Å². The van der Waals surface area contributed by atoms with E-state index in [2.05, 4.69) is 20.4 Å². The average Bonchev–Trinajstić information content (AvgIpc) is 2.76. The van der Waals surface area contributed by atoms with Crippen molar-refractivity contribution in [2.24, 2.45) is 5.16 Å². The topological polar surface area (TPSA) is 120 Å². The van der Waals surface area contributed by atoms with Gasteiger partial charge in [0.25, 0.3) is 5.91 Å². The van der Waals surface area contributed by atoms with Crippen LogP contribution in [0.1, 0.15) is 41.7 Å². The molecule has 10 nitrogen and oxygen atoms in total. The molecule has 0 atom stereocenters. The molecule has 2 amide bonds. The Morgan fingerprint density at radius 3 is 2.42 bits per heavy atom. The Bertz CT molecular complexity index is 845. The molecule has 0 radical (unpaired) electrons. The minimum atomic E-state index is -4.79. The Balaban J connectivity index is 1.59. The van der Waals surface area contributed by atoms with E-state index >= 15 is 0 Å². The van der Waals surface area contributed by atoms with Crippen molar-refractivity contribution >= 4 is 23.7 Å². The molecule has 3 rings (SSSR count). The number of nitrogens with one attached hydrogen (secondary N) is 1. The van der Waals surface area contributed by atoms with Gasteiger partial charge in [-0.3, -0.25) is 4.79 Å². The van der Waals surface area contributed by atoms with Crippen molar-refractivity contribution in [2.45, 2.75) is 38.0 Å². The number of carbonyl (C=O) groups is 2. The predicted octanol–water partition coefficient (Wildman–Crippen LogP) is 1.97. The van der Waals surface area contributed by atoms with Crippen LogP contribution in [-0.4, -0.2) is 77.0 Å². The molecule has 13 heteroatoms. The lowest BCUT2D eigenvalue weighted by molar-refractivity contribution is -0.141. The molecule has 2 N–H and O–H groups in total. The van der Waals surface area contributed by atoms with Gasteiger partial charge >= 0.3 is 12.3 Å². The van der Waals surface area contributed by atoms with Gasteiger partial charge in [-0.1, -0.05) is 5.16 Å². The third kappa shape index (κ3) is 5.52. The van der Waals surface area contributed by atoms with Crippen LogP contribution >= 0.6 is 0 Å². The van der Waals surface area contributed by atoms with Crippen molar-refractivity contribution in [3.63, 3.8) is 0 Å². The van der Waals surface area contributed by atoms with Gasteiger partial charge in [0, 0.05) is 65.1 Å². The third-order valence-electron chi connectivity index (χ3n) is 5.18. The van der Waals surface area contributed by atoms with Gasteiger partial charge in [-0.05, 0) is 0 Å². The highest BCUT2D eigenvalue weighted by molar-refractivity contribution is 5.95. The summed E-state index contributed by atoms with van der Waals surface area (Å²) in [7, 11) is 1.24. The molecule has 0 spiro atoms. The van der Waals surface area contributed by atoms with Gasteiger partial charge in [-0.25, -0.2) is 14.8 Å². The number of anilines is 1. The van der Waals surface area contributed by atoms with Crippen LogP contribution in [0.3, 0.4) is 0 Å². The number of nitrogens with zero attached hydrogens (tertiary/aromatic N) is 5. The molecule has 3 heterocycles. The Morgan fingerprint density at radius 2 is 1.87 bits per heavy atom. The summed E-state index contributed by atoms with van der Waals surface area (Å²) in [5, 5.41) is 15.3. The summed E-state index contributed by atoms with van der Waals surface area (Å²) >= 11 is 0. The highest BCUT2D eigenvalue weighted by atomic mass is 19.4. The van der Waals surface area contributed by atoms with Gasteiger partial charge in [0.2, 0.25) is 5.95 Å². The number of aromatic nitrogens is 2. The summed E-state index contributed by atoms with van der Waals surface area (Å²) in [6.45, 7) is 1.50. The van der Waals surface area contributed by atoms with Gasteiger partial charge in [0.05, 0.1) is 11.3 Å². The van der Waals surface area contributed by atoms with E-state index in [9.17, 15) is 22.8 Å². The second kappa shape index (κ2) is 9.35. The number of piperidine rings is 2. The number of oxime groups is 1. The van der Waals surface area contributed by atoms with Crippen molar-refractivity contribution < 1.29 is 32.7 Å². The van der Waals surface area contributed by atoms with Crippen molar-refractivity contribution in [1.29, 1.82) is 0 Å². The average molecular weight is 444 g/mol. The van der Waals surface area contributed by atoms with Crippen LogP contribution < -0.4 is 10.2 Å². The standard InChI is InChI=1S/C18H23F3N6O4/c1-22-15(28)13-10-23-16(24-14(13)18(19,20)21)26-6-2-11(3-7-26)25-31-12-4-8-27(9-5-12)17(29)30/h10,12H,2-9H2,1H3,(H,22,28)(H,29,30). The van der Waals surface area contributed by atoms with E-state index in [1.54, 1.807) is 4.90 Å². The molecule has 2 fully saturated rings. The smallest absolute Gasteiger partial charge is 0.434 e. The second-order valence-electron chi connectivity index (χ2n) is 7.23. The number of rotatable bonds is 4. The van der Waals surface area contributed by atoms with Crippen LogP contribution in [-0.2, 0) is 11.0 Å². The van der Waals surface area contributed by atoms with E-state index in [0.29, 0.717) is 51.9 Å². The molecule has 0 aromatic carbocycles. The Morgan fingerprint density at radius 1 is 1.23 bits per heavy atom. The minimum Gasteiger partial charge on any atom is -0.465 e. The molecule has 1 aromatic rings.